The highest BCUT2D eigenvalue weighted by Gasteiger charge is 2.25. The highest BCUT2D eigenvalue weighted by Crippen LogP contribution is 2.41. The molecule has 1 aliphatic carbocycles. The van der Waals surface area contributed by atoms with Gasteiger partial charge in [0.2, 0.25) is 0 Å². The molecule has 0 atom stereocenters. The van der Waals surface area contributed by atoms with E-state index in [1.807, 2.05) is 6.07 Å². The minimum atomic E-state index is 0.408. The van der Waals surface area contributed by atoms with Crippen LogP contribution in [0.1, 0.15) is 29.7 Å². The number of benzene rings is 1. The van der Waals surface area contributed by atoms with Gasteiger partial charge in [-0.3, -0.25) is 5.10 Å². The second kappa shape index (κ2) is 8.88. The minimum Gasteiger partial charge on any atom is -0.494 e. The Morgan fingerprint density at radius 1 is 1.19 bits per heavy atom. The molecule has 0 unspecified atom stereocenters. The van der Waals surface area contributed by atoms with Gasteiger partial charge in [0.1, 0.15) is 17.5 Å². The predicted octanol–water partition coefficient (Wildman–Crippen LogP) is 3.41. The lowest BCUT2D eigenvalue weighted by Crippen LogP contribution is -2.28. The third kappa shape index (κ3) is 4.18. The van der Waals surface area contributed by atoms with Crippen molar-refractivity contribution >= 4 is 0 Å². The molecule has 3 aromatic rings. The lowest BCUT2D eigenvalue weighted by Gasteiger charge is -2.18. The number of pyridine rings is 1. The molecule has 1 N–H and O–H groups in total. The van der Waals surface area contributed by atoms with Gasteiger partial charge in [-0.1, -0.05) is 6.07 Å². The second-order valence-electron chi connectivity index (χ2n) is 7.97. The van der Waals surface area contributed by atoms with Gasteiger partial charge in [-0.05, 0) is 42.7 Å². The zero-order valence-corrected chi connectivity index (χ0v) is 17.4. The zero-order chi connectivity index (χ0) is 21.0. The summed E-state index contributed by atoms with van der Waals surface area (Å²) in [5.74, 6) is 0.891. The number of nitriles is 1. The first-order valence-electron chi connectivity index (χ1n) is 10.8. The van der Waals surface area contributed by atoms with Crippen LogP contribution >= 0.6 is 0 Å². The molecule has 1 aromatic carbocycles. The van der Waals surface area contributed by atoms with Gasteiger partial charge in [0.05, 0.1) is 24.6 Å². The van der Waals surface area contributed by atoms with Gasteiger partial charge >= 0.3 is 0 Å². The number of hydrogen-bond acceptors (Lipinski definition) is 6. The van der Waals surface area contributed by atoms with Crippen molar-refractivity contribution in [3.63, 3.8) is 0 Å². The number of H-pyrrole nitrogens is 1. The van der Waals surface area contributed by atoms with Crippen LogP contribution in [0.3, 0.4) is 0 Å². The van der Waals surface area contributed by atoms with E-state index in [1.165, 1.54) is 11.1 Å². The maximum absolute atomic E-state index is 8.96. The topological polar surface area (TPSA) is 87.1 Å². The van der Waals surface area contributed by atoms with Crippen LogP contribution in [-0.2, 0) is 11.2 Å². The average molecular weight is 415 g/mol. The summed E-state index contributed by atoms with van der Waals surface area (Å²) in [6, 6.07) is 12.0. The molecule has 7 nitrogen and oxygen atoms in total. The number of hydrogen-bond donors (Lipinski definition) is 1. The standard InChI is InChI=1S/C24H25N5O2/c25-15-19-5-3-18(16-26-19)23-22-13-17-4-6-20(14-21(17)24(22)28-27-23)31-11-2-8-29-7-1-10-30-12-9-29/h3-6,14,16H,1-2,7-13H2,(H,27,28). The molecule has 5 rings (SSSR count). The smallest absolute Gasteiger partial charge is 0.140 e. The molecule has 2 aromatic heterocycles. The summed E-state index contributed by atoms with van der Waals surface area (Å²) >= 11 is 0. The molecule has 0 amide bonds. The minimum absolute atomic E-state index is 0.408. The van der Waals surface area contributed by atoms with Crippen molar-refractivity contribution in [2.75, 3.05) is 39.5 Å². The Balaban J connectivity index is 1.24. The van der Waals surface area contributed by atoms with Gasteiger partial charge in [-0.2, -0.15) is 10.4 Å². The van der Waals surface area contributed by atoms with Crippen LogP contribution in [0, 0.1) is 11.3 Å². The molecule has 158 valence electrons. The fraction of sp³-hybridized carbons (Fsp3) is 0.375. The van der Waals surface area contributed by atoms with Crippen molar-refractivity contribution in [1.29, 1.82) is 5.26 Å². The average Bonchev–Trinajstić information content (AvgIpc) is 3.26. The van der Waals surface area contributed by atoms with E-state index in [2.05, 4.69) is 44.3 Å². The maximum Gasteiger partial charge on any atom is 0.140 e. The Morgan fingerprint density at radius 2 is 2.16 bits per heavy atom. The molecule has 2 aliphatic rings. The maximum atomic E-state index is 8.96. The van der Waals surface area contributed by atoms with Crippen molar-refractivity contribution in [2.45, 2.75) is 19.3 Å². The number of aromatic amines is 1. The summed E-state index contributed by atoms with van der Waals surface area (Å²) in [4.78, 5) is 6.63. The van der Waals surface area contributed by atoms with Gasteiger partial charge in [-0.15, -0.1) is 0 Å². The van der Waals surface area contributed by atoms with E-state index in [1.54, 1.807) is 12.3 Å². The zero-order valence-electron chi connectivity index (χ0n) is 17.4. The second-order valence-corrected chi connectivity index (χ2v) is 7.97. The van der Waals surface area contributed by atoms with Gasteiger partial charge < -0.3 is 14.4 Å². The lowest BCUT2D eigenvalue weighted by atomic mass is 10.1. The van der Waals surface area contributed by atoms with Gasteiger partial charge in [-0.25, -0.2) is 4.98 Å². The van der Waals surface area contributed by atoms with Gasteiger partial charge in [0.15, 0.2) is 0 Å². The van der Waals surface area contributed by atoms with Crippen LogP contribution in [0.5, 0.6) is 5.75 Å². The monoisotopic (exact) mass is 415 g/mol. The summed E-state index contributed by atoms with van der Waals surface area (Å²) in [6.45, 7) is 5.58. The largest absolute Gasteiger partial charge is 0.494 e. The predicted molar refractivity (Wildman–Crippen MR) is 117 cm³/mol. The van der Waals surface area contributed by atoms with E-state index in [-0.39, 0.29) is 0 Å². The Kier molecular flexibility index (Phi) is 5.65. The van der Waals surface area contributed by atoms with Gasteiger partial charge in [0.25, 0.3) is 0 Å². The molecule has 0 radical (unpaired) electrons. The first-order chi connectivity index (χ1) is 15.3. The van der Waals surface area contributed by atoms with E-state index < -0.39 is 0 Å². The van der Waals surface area contributed by atoms with Crippen molar-refractivity contribution in [3.05, 3.63) is 53.3 Å². The molecule has 1 saturated heterocycles. The Hall–Kier alpha value is -3.21. The first kappa shape index (κ1) is 19.7. The molecule has 0 saturated carbocycles. The quantitative estimate of drug-likeness (QED) is 0.486. The fourth-order valence-corrected chi connectivity index (χ4v) is 4.32. The normalized spacial score (nSPS) is 15.7. The number of aromatic nitrogens is 3. The Morgan fingerprint density at radius 3 is 3.03 bits per heavy atom. The van der Waals surface area contributed by atoms with Crippen LogP contribution in [-0.4, -0.2) is 59.5 Å². The summed E-state index contributed by atoms with van der Waals surface area (Å²) < 4.78 is 11.6. The SMILES string of the molecule is N#Cc1ccc(-c2n[nH]c3c2Cc2ccc(OCCCN4CCCOCC4)cc2-3)cn1. The van der Waals surface area contributed by atoms with Crippen LogP contribution in [0.15, 0.2) is 36.5 Å². The third-order valence-electron chi connectivity index (χ3n) is 5.94. The van der Waals surface area contributed by atoms with Crippen LogP contribution in [0.25, 0.3) is 22.5 Å². The van der Waals surface area contributed by atoms with E-state index in [4.69, 9.17) is 14.7 Å². The van der Waals surface area contributed by atoms with E-state index in [9.17, 15) is 0 Å². The molecule has 0 bridgehead atoms. The Bertz CT molecular complexity index is 1090. The molecular formula is C24H25N5O2. The number of rotatable bonds is 6. The highest BCUT2D eigenvalue weighted by atomic mass is 16.5. The fourth-order valence-electron chi connectivity index (χ4n) is 4.32. The van der Waals surface area contributed by atoms with Crippen molar-refractivity contribution in [3.8, 4) is 34.3 Å². The number of nitrogens with zero attached hydrogens (tertiary/aromatic N) is 4. The summed E-state index contributed by atoms with van der Waals surface area (Å²) in [5, 5.41) is 16.7. The third-order valence-corrected chi connectivity index (χ3v) is 5.94. The number of ether oxygens (including phenoxy) is 2. The summed E-state index contributed by atoms with van der Waals surface area (Å²) in [5.41, 5.74) is 6.85. The van der Waals surface area contributed by atoms with Crippen molar-refractivity contribution < 1.29 is 9.47 Å². The first-order valence-corrected chi connectivity index (χ1v) is 10.8. The highest BCUT2D eigenvalue weighted by molar-refractivity contribution is 5.81. The lowest BCUT2D eigenvalue weighted by molar-refractivity contribution is 0.140. The van der Waals surface area contributed by atoms with E-state index in [0.29, 0.717) is 12.3 Å². The molecular weight excluding hydrogens is 390 g/mol. The number of nitrogens with one attached hydrogen (secondary N) is 1. The number of fused-ring (bicyclic) bond motifs is 3. The summed E-state index contributed by atoms with van der Waals surface area (Å²) in [6.07, 6.45) is 4.65. The Labute approximate surface area is 181 Å². The van der Waals surface area contributed by atoms with Crippen LogP contribution in [0.2, 0.25) is 0 Å². The van der Waals surface area contributed by atoms with Crippen molar-refractivity contribution in [1.82, 2.24) is 20.1 Å². The molecule has 3 heterocycles. The van der Waals surface area contributed by atoms with Crippen molar-refractivity contribution in [2.24, 2.45) is 0 Å². The van der Waals surface area contributed by atoms with Gasteiger partial charge in [0, 0.05) is 55.5 Å². The molecule has 1 fully saturated rings. The molecule has 31 heavy (non-hydrogen) atoms. The molecule has 1 aliphatic heterocycles. The van der Waals surface area contributed by atoms with Crippen LogP contribution < -0.4 is 4.74 Å². The summed E-state index contributed by atoms with van der Waals surface area (Å²) in [7, 11) is 0. The molecule has 7 heteroatoms. The molecule has 0 spiro atoms. The van der Waals surface area contributed by atoms with E-state index in [0.717, 1.165) is 80.4 Å². The van der Waals surface area contributed by atoms with Crippen LogP contribution in [0.4, 0.5) is 0 Å². The van der Waals surface area contributed by atoms with E-state index >= 15 is 0 Å².